The number of aromatic nitrogens is 1. The number of benzene rings is 2. The fraction of sp³-hybridized carbons (Fsp3) is 0.0952. The Labute approximate surface area is 154 Å². The summed E-state index contributed by atoms with van der Waals surface area (Å²) >= 11 is 6.12. The second-order valence-electron chi connectivity index (χ2n) is 6.01. The summed E-state index contributed by atoms with van der Waals surface area (Å²) in [5.74, 6) is 0. The van der Waals surface area contributed by atoms with Crippen LogP contribution >= 0.6 is 11.6 Å². The fourth-order valence-electron chi connectivity index (χ4n) is 3.43. The number of aryl methyl sites for hydroxylation is 1. The Balaban J connectivity index is 2.15. The molecule has 0 aliphatic heterocycles. The molecule has 4 aromatic rings. The van der Waals surface area contributed by atoms with Gasteiger partial charge in [-0.15, -0.1) is 0 Å². The zero-order valence-corrected chi connectivity index (χ0v) is 14.5. The number of para-hydroxylation sites is 1. The molecule has 0 amide bonds. The van der Waals surface area contributed by atoms with Gasteiger partial charge in [-0.2, -0.15) is 5.26 Å². The molecule has 0 N–H and O–H groups in total. The van der Waals surface area contributed by atoms with E-state index in [1.807, 2.05) is 59.2 Å². The summed E-state index contributed by atoms with van der Waals surface area (Å²) in [5.41, 5.74) is 2.34. The maximum absolute atomic E-state index is 12.3. The normalized spacial score (nSPS) is 11.1. The predicted molar refractivity (Wildman–Crippen MR) is 103 cm³/mol. The Morgan fingerprint density at radius 2 is 1.62 bits per heavy atom. The molecule has 5 heteroatoms. The third-order valence-electron chi connectivity index (χ3n) is 4.57. The average Bonchev–Trinajstić information content (AvgIpc) is 3.01. The van der Waals surface area contributed by atoms with Gasteiger partial charge in [-0.1, -0.05) is 60.1 Å². The molecule has 0 saturated heterocycles. The van der Waals surface area contributed by atoms with Crippen molar-refractivity contribution in [3.05, 3.63) is 80.1 Å². The molecule has 0 saturated carbocycles. The number of halogens is 1. The number of nitriles is 1. The summed E-state index contributed by atoms with van der Waals surface area (Å²) in [4.78, 5) is 24.0. The van der Waals surface area contributed by atoms with Gasteiger partial charge in [-0.05, 0) is 11.6 Å². The van der Waals surface area contributed by atoms with Gasteiger partial charge in [0, 0.05) is 23.0 Å². The van der Waals surface area contributed by atoms with Crippen molar-refractivity contribution in [2.45, 2.75) is 13.0 Å². The summed E-state index contributed by atoms with van der Waals surface area (Å²) in [5, 5.41) is 9.89. The SMILES string of the molecule is N#CCCn1c(-c2ccccc2)c(-c2c(Cl)c(=O)c2=O)c2ccccc21. The van der Waals surface area contributed by atoms with Gasteiger partial charge in [0.05, 0.1) is 23.7 Å². The lowest BCUT2D eigenvalue weighted by molar-refractivity contribution is 0.751. The quantitative estimate of drug-likeness (QED) is 0.514. The Morgan fingerprint density at radius 3 is 2.31 bits per heavy atom. The van der Waals surface area contributed by atoms with Crippen molar-refractivity contribution in [3.63, 3.8) is 0 Å². The first-order valence-electron chi connectivity index (χ1n) is 8.18. The van der Waals surface area contributed by atoms with Crippen molar-refractivity contribution in [2.75, 3.05) is 0 Å². The van der Waals surface area contributed by atoms with E-state index in [9.17, 15) is 9.59 Å². The van der Waals surface area contributed by atoms with Crippen LogP contribution in [0.5, 0.6) is 0 Å². The Kier molecular flexibility index (Phi) is 3.95. The van der Waals surface area contributed by atoms with Crippen LogP contribution in [0.1, 0.15) is 6.42 Å². The van der Waals surface area contributed by atoms with E-state index >= 15 is 0 Å². The van der Waals surface area contributed by atoms with E-state index in [0.29, 0.717) is 18.5 Å². The summed E-state index contributed by atoms with van der Waals surface area (Å²) < 4.78 is 2.02. The van der Waals surface area contributed by atoms with E-state index in [4.69, 9.17) is 16.9 Å². The van der Waals surface area contributed by atoms with Crippen molar-refractivity contribution < 1.29 is 0 Å². The van der Waals surface area contributed by atoms with Crippen LogP contribution in [0.3, 0.4) is 0 Å². The molecular weight excluding hydrogens is 348 g/mol. The molecule has 0 aliphatic rings. The molecular formula is C21H13ClN2O2. The summed E-state index contributed by atoms with van der Waals surface area (Å²) in [6.45, 7) is 0.480. The summed E-state index contributed by atoms with van der Waals surface area (Å²) in [6.07, 6.45) is 0.331. The highest BCUT2D eigenvalue weighted by Crippen LogP contribution is 2.41. The maximum atomic E-state index is 12.3. The number of fused-ring (bicyclic) bond motifs is 1. The van der Waals surface area contributed by atoms with Gasteiger partial charge in [0.2, 0.25) is 10.9 Å². The minimum atomic E-state index is -0.644. The highest BCUT2D eigenvalue weighted by Gasteiger charge is 2.28. The number of hydrogen-bond acceptors (Lipinski definition) is 3. The summed E-state index contributed by atoms with van der Waals surface area (Å²) in [7, 11) is 0. The predicted octanol–water partition coefficient (Wildman–Crippen LogP) is 4.14. The maximum Gasteiger partial charge on any atom is 0.245 e. The first-order valence-corrected chi connectivity index (χ1v) is 8.55. The summed E-state index contributed by atoms with van der Waals surface area (Å²) in [6, 6.07) is 19.4. The van der Waals surface area contributed by atoms with E-state index in [2.05, 4.69) is 6.07 Å². The van der Waals surface area contributed by atoms with E-state index in [0.717, 1.165) is 22.2 Å². The van der Waals surface area contributed by atoms with Gasteiger partial charge in [0.1, 0.15) is 5.02 Å². The smallest absolute Gasteiger partial charge is 0.245 e. The van der Waals surface area contributed by atoms with Crippen LogP contribution < -0.4 is 10.9 Å². The van der Waals surface area contributed by atoms with Crippen molar-refractivity contribution >= 4 is 22.5 Å². The molecule has 0 fully saturated rings. The number of nitrogens with zero attached hydrogens (tertiary/aromatic N) is 2. The zero-order valence-electron chi connectivity index (χ0n) is 13.7. The monoisotopic (exact) mass is 360 g/mol. The standard InChI is InChI=1S/C21H13ClN2O2/c22-18-17(20(25)21(18)26)16-14-9-4-5-10-15(14)24(12-6-11-23)19(16)13-7-2-1-3-8-13/h1-5,7-10H,6,12H2. The third-order valence-corrected chi connectivity index (χ3v) is 4.93. The molecule has 1 aromatic heterocycles. The third kappa shape index (κ3) is 2.29. The molecule has 1 heterocycles. The molecule has 4 nitrogen and oxygen atoms in total. The van der Waals surface area contributed by atoms with Crippen LogP contribution in [0.25, 0.3) is 33.3 Å². The highest BCUT2D eigenvalue weighted by molar-refractivity contribution is 6.35. The van der Waals surface area contributed by atoms with E-state index in [1.165, 1.54) is 0 Å². The van der Waals surface area contributed by atoms with Crippen molar-refractivity contribution in [1.29, 1.82) is 5.26 Å². The number of hydrogen-bond donors (Lipinski definition) is 0. The Morgan fingerprint density at radius 1 is 0.923 bits per heavy atom. The molecule has 126 valence electrons. The van der Waals surface area contributed by atoms with Gasteiger partial charge in [0.15, 0.2) is 0 Å². The van der Waals surface area contributed by atoms with Crippen LogP contribution in [0.2, 0.25) is 5.02 Å². The molecule has 4 rings (SSSR count). The van der Waals surface area contributed by atoms with Crippen LogP contribution in [0.4, 0.5) is 0 Å². The number of rotatable bonds is 4. The van der Waals surface area contributed by atoms with Crippen molar-refractivity contribution in [3.8, 4) is 28.5 Å². The highest BCUT2D eigenvalue weighted by atomic mass is 35.5. The second kappa shape index (κ2) is 6.29. The van der Waals surface area contributed by atoms with Gasteiger partial charge in [-0.25, -0.2) is 0 Å². The van der Waals surface area contributed by atoms with E-state index in [1.54, 1.807) is 0 Å². The van der Waals surface area contributed by atoms with Gasteiger partial charge >= 0.3 is 0 Å². The molecule has 3 aromatic carbocycles. The van der Waals surface area contributed by atoms with Gasteiger partial charge in [0.25, 0.3) is 0 Å². The molecule has 0 spiro atoms. The molecule has 0 atom stereocenters. The Hall–Kier alpha value is -3.16. The minimum absolute atomic E-state index is 0.0182. The zero-order chi connectivity index (χ0) is 18.3. The first-order chi connectivity index (χ1) is 12.6. The van der Waals surface area contributed by atoms with Crippen LogP contribution in [-0.4, -0.2) is 4.57 Å². The van der Waals surface area contributed by atoms with Crippen molar-refractivity contribution in [2.24, 2.45) is 0 Å². The molecule has 0 bridgehead atoms. The van der Waals surface area contributed by atoms with E-state index in [-0.39, 0.29) is 10.6 Å². The topological polar surface area (TPSA) is 62.9 Å². The fourth-order valence-corrected chi connectivity index (χ4v) is 3.70. The Bertz CT molecular complexity index is 1240. The van der Waals surface area contributed by atoms with Gasteiger partial charge in [-0.3, -0.25) is 9.59 Å². The van der Waals surface area contributed by atoms with Gasteiger partial charge < -0.3 is 4.57 Å². The first kappa shape index (κ1) is 16.3. The lowest BCUT2D eigenvalue weighted by Gasteiger charge is -2.12. The molecule has 0 radical (unpaired) electrons. The van der Waals surface area contributed by atoms with Crippen LogP contribution in [-0.2, 0) is 6.54 Å². The second-order valence-corrected chi connectivity index (χ2v) is 6.39. The van der Waals surface area contributed by atoms with E-state index < -0.39 is 10.9 Å². The van der Waals surface area contributed by atoms with Crippen LogP contribution in [0.15, 0.2) is 64.2 Å². The lowest BCUT2D eigenvalue weighted by Crippen LogP contribution is -2.33. The van der Waals surface area contributed by atoms with Crippen molar-refractivity contribution in [1.82, 2.24) is 4.57 Å². The molecule has 26 heavy (non-hydrogen) atoms. The minimum Gasteiger partial charge on any atom is -0.339 e. The largest absolute Gasteiger partial charge is 0.339 e. The molecule has 0 aliphatic carbocycles. The average molecular weight is 361 g/mol. The molecule has 0 unspecified atom stereocenters. The lowest BCUT2D eigenvalue weighted by atomic mass is 9.95. The van der Waals surface area contributed by atoms with Crippen LogP contribution in [0, 0.1) is 11.3 Å².